The van der Waals surface area contributed by atoms with Crippen LogP contribution < -0.4 is 11.5 Å². The zero-order valence-electron chi connectivity index (χ0n) is 8.80. The van der Waals surface area contributed by atoms with E-state index in [0.29, 0.717) is 16.3 Å². The maximum absolute atomic E-state index is 10.7. The first kappa shape index (κ1) is 12.5. The van der Waals surface area contributed by atoms with Gasteiger partial charge >= 0.3 is 0 Å². The first-order valence-electron chi connectivity index (χ1n) is 4.57. The van der Waals surface area contributed by atoms with Crippen LogP contribution in [-0.4, -0.2) is 17.1 Å². The van der Waals surface area contributed by atoms with Crippen molar-refractivity contribution in [2.75, 3.05) is 6.26 Å². The standard InChI is InChI=1S/C10H12N4OS/c1-16-10-6(5-11)2-3-8(14-10)7(12)4-9(13)15/h2-3,7H,4,12H2,1H3,(H2,13,15). The van der Waals surface area contributed by atoms with Crippen molar-refractivity contribution in [3.05, 3.63) is 23.4 Å². The molecule has 0 bridgehead atoms. The third kappa shape index (κ3) is 2.95. The third-order valence-electron chi connectivity index (χ3n) is 2.00. The summed E-state index contributed by atoms with van der Waals surface area (Å²) in [5.41, 5.74) is 11.9. The van der Waals surface area contributed by atoms with E-state index in [1.54, 1.807) is 12.1 Å². The van der Waals surface area contributed by atoms with E-state index in [1.165, 1.54) is 11.8 Å². The summed E-state index contributed by atoms with van der Waals surface area (Å²) in [5, 5.41) is 9.43. The Hall–Kier alpha value is -1.58. The minimum atomic E-state index is -0.517. The topological polar surface area (TPSA) is 106 Å². The monoisotopic (exact) mass is 236 g/mol. The molecular formula is C10H12N4OS. The highest BCUT2D eigenvalue weighted by Gasteiger charge is 2.13. The second-order valence-electron chi connectivity index (χ2n) is 3.18. The van der Waals surface area contributed by atoms with E-state index in [9.17, 15) is 4.79 Å². The molecule has 84 valence electrons. The van der Waals surface area contributed by atoms with Gasteiger partial charge in [0, 0.05) is 6.42 Å². The van der Waals surface area contributed by atoms with Crippen molar-refractivity contribution < 1.29 is 4.79 Å². The van der Waals surface area contributed by atoms with Crippen LogP contribution in [0, 0.1) is 11.3 Å². The number of thioether (sulfide) groups is 1. The Balaban J connectivity index is 2.99. The van der Waals surface area contributed by atoms with Crippen molar-refractivity contribution in [2.24, 2.45) is 11.5 Å². The second kappa shape index (κ2) is 5.49. The van der Waals surface area contributed by atoms with Gasteiger partial charge < -0.3 is 11.5 Å². The van der Waals surface area contributed by atoms with E-state index in [1.807, 2.05) is 12.3 Å². The second-order valence-corrected chi connectivity index (χ2v) is 3.98. The molecule has 16 heavy (non-hydrogen) atoms. The molecule has 0 fully saturated rings. The zero-order valence-corrected chi connectivity index (χ0v) is 9.62. The van der Waals surface area contributed by atoms with Gasteiger partial charge in [0.15, 0.2) is 0 Å². The maximum Gasteiger partial charge on any atom is 0.219 e. The lowest BCUT2D eigenvalue weighted by Crippen LogP contribution is -2.21. The van der Waals surface area contributed by atoms with Crippen LogP contribution in [-0.2, 0) is 4.79 Å². The SMILES string of the molecule is CSc1nc(C(N)CC(N)=O)ccc1C#N. The summed E-state index contributed by atoms with van der Waals surface area (Å²) >= 11 is 1.37. The van der Waals surface area contributed by atoms with Gasteiger partial charge in [-0.05, 0) is 18.4 Å². The average molecular weight is 236 g/mol. The first-order valence-corrected chi connectivity index (χ1v) is 5.80. The number of nitriles is 1. The molecule has 1 rings (SSSR count). The Labute approximate surface area is 97.8 Å². The molecule has 1 aromatic heterocycles. The van der Waals surface area contributed by atoms with Gasteiger partial charge in [-0.15, -0.1) is 11.8 Å². The number of carbonyl (C=O) groups is 1. The lowest BCUT2D eigenvalue weighted by molar-refractivity contribution is -0.118. The summed E-state index contributed by atoms with van der Waals surface area (Å²) in [6, 6.07) is 4.81. The van der Waals surface area contributed by atoms with Gasteiger partial charge in [0.1, 0.15) is 11.1 Å². The summed E-state index contributed by atoms with van der Waals surface area (Å²) in [4.78, 5) is 14.9. The number of rotatable bonds is 4. The Bertz CT molecular complexity index is 441. The highest BCUT2D eigenvalue weighted by molar-refractivity contribution is 7.98. The molecule has 1 atom stereocenters. The van der Waals surface area contributed by atoms with Crippen LogP contribution in [0.25, 0.3) is 0 Å². The van der Waals surface area contributed by atoms with Gasteiger partial charge in [0.05, 0.1) is 17.3 Å². The van der Waals surface area contributed by atoms with Gasteiger partial charge in [-0.1, -0.05) is 0 Å². The predicted octanol–water partition coefficient (Wildman–Crippen LogP) is 0.550. The average Bonchev–Trinajstić information content (AvgIpc) is 2.27. The largest absolute Gasteiger partial charge is 0.370 e. The lowest BCUT2D eigenvalue weighted by Gasteiger charge is -2.10. The third-order valence-corrected chi connectivity index (χ3v) is 2.69. The summed E-state index contributed by atoms with van der Waals surface area (Å²) in [6.45, 7) is 0. The molecule has 5 nitrogen and oxygen atoms in total. The van der Waals surface area contributed by atoms with Crippen LogP contribution in [0.15, 0.2) is 17.2 Å². The van der Waals surface area contributed by atoms with Crippen LogP contribution in [0.3, 0.4) is 0 Å². The summed E-state index contributed by atoms with van der Waals surface area (Å²) < 4.78 is 0. The fraction of sp³-hybridized carbons (Fsp3) is 0.300. The van der Waals surface area contributed by atoms with Crippen molar-refractivity contribution in [3.63, 3.8) is 0 Å². The molecular weight excluding hydrogens is 224 g/mol. The van der Waals surface area contributed by atoms with Crippen LogP contribution in [0.2, 0.25) is 0 Å². The minimum Gasteiger partial charge on any atom is -0.370 e. The number of hydrogen-bond acceptors (Lipinski definition) is 5. The predicted molar refractivity (Wildman–Crippen MR) is 61.5 cm³/mol. The van der Waals surface area contributed by atoms with Crippen molar-refractivity contribution in [1.82, 2.24) is 4.98 Å². The van der Waals surface area contributed by atoms with Gasteiger partial charge in [0.25, 0.3) is 0 Å². The Kier molecular flexibility index (Phi) is 4.28. The highest BCUT2D eigenvalue weighted by Crippen LogP contribution is 2.20. The number of pyridine rings is 1. The van der Waals surface area contributed by atoms with Crippen molar-refractivity contribution in [3.8, 4) is 6.07 Å². The van der Waals surface area contributed by atoms with E-state index < -0.39 is 11.9 Å². The molecule has 0 aliphatic heterocycles. The molecule has 1 unspecified atom stereocenters. The van der Waals surface area contributed by atoms with Gasteiger partial charge in [-0.3, -0.25) is 4.79 Å². The fourth-order valence-corrected chi connectivity index (χ4v) is 1.75. The molecule has 1 aromatic rings. The Morgan fingerprint density at radius 2 is 2.38 bits per heavy atom. The van der Waals surface area contributed by atoms with Crippen LogP contribution >= 0.6 is 11.8 Å². The quantitative estimate of drug-likeness (QED) is 0.742. The zero-order chi connectivity index (χ0) is 12.1. The number of carbonyl (C=O) groups excluding carboxylic acids is 1. The smallest absolute Gasteiger partial charge is 0.219 e. The molecule has 6 heteroatoms. The maximum atomic E-state index is 10.7. The Morgan fingerprint density at radius 1 is 1.69 bits per heavy atom. The van der Waals surface area contributed by atoms with Crippen LogP contribution in [0.4, 0.5) is 0 Å². The molecule has 0 aromatic carbocycles. The van der Waals surface area contributed by atoms with E-state index >= 15 is 0 Å². The van der Waals surface area contributed by atoms with E-state index in [4.69, 9.17) is 16.7 Å². The van der Waals surface area contributed by atoms with Crippen molar-refractivity contribution in [1.29, 1.82) is 5.26 Å². The van der Waals surface area contributed by atoms with Crippen LogP contribution in [0.5, 0.6) is 0 Å². The Morgan fingerprint density at radius 3 is 2.88 bits per heavy atom. The molecule has 0 spiro atoms. The number of primary amides is 1. The van der Waals surface area contributed by atoms with Crippen LogP contribution in [0.1, 0.15) is 23.7 Å². The first-order chi connectivity index (χ1) is 7.58. The summed E-state index contributed by atoms with van der Waals surface area (Å²) in [6.07, 6.45) is 1.87. The van der Waals surface area contributed by atoms with E-state index in [-0.39, 0.29) is 6.42 Å². The van der Waals surface area contributed by atoms with Crippen molar-refractivity contribution in [2.45, 2.75) is 17.5 Å². The minimum absolute atomic E-state index is 0.0483. The highest BCUT2D eigenvalue weighted by atomic mass is 32.2. The van der Waals surface area contributed by atoms with Gasteiger partial charge in [-0.25, -0.2) is 4.98 Å². The summed E-state index contributed by atoms with van der Waals surface area (Å²) in [7, 11) is 0. The molecule has 1 amide bonds. The molecule has 0 aliphatic rings. The number of aromatic nitrogens is 1. The molecule has 0 aliphatic carbocycles. The number of hydrogen-bond donors (Lipinski definition) is 2. The number of amides is 1. The molecule has 0 radical (unpaired) electrons. The number of nitrogens with two attached hydrogens (primary N) is 2. The van der Waals surface area contributed by atoms with Crippen molar-refractivity contribution >= 4 is 17.7 Å². The fourth-order valence-electron chi connectivity index (χ4n) is 1.22. The lowest BCUT2D eigenvalue weighted by atomic mass is 10.1. The normalized spacial score (nSPS) is 11.8. The molecule has 0 saturated carbocycles. The summed E-state index contributed by atoms with van der Waals surface area (Å²) in [5.74, 6) is -0.468. The van der Waals surface area contributed by atoms with Gasteiger partial charge in [0.2, 0.25) is 5.91 Å². The molecule has 4 N–H and O–H groups in total. The number of nitrogens with zero attached hydrogens (tertiary/aromatic N) is 2. The molecule has 0 saturated heterocycles. The van der Waals surface area contributed by atoms with E-state index in [2.05, 4.69) is 4.98 Å². The van der Waals surface area contributed by atoms with E-state index in [0.717, 1.165) is 0 Å². The molecule has 1 heterocycles. The van der Waals surface area contributed by atoms with Gasteiger partial charge in [-0.2, -0.15) is 5.26 Å².